The van der Waals surface area contributed by atoms with Gasteiger partial charge in [0.1, 0.15) is 0 Å². The van der Waals surface area contributed by atoms with Gasteiger partial charge in [0.15, 0.2) is 0 Å². The molecule has 1 aliphatic rings. The van der Waals surface area contributed by atoms with Crippen molar-refractivity contribution in [3.63, 3.8) is 0 Å². The molecule has 0 amide bonds. The quantitative estimate of drug-likeness (QED) is 0.388. The molecule has 0 spiro atoms. The van der Waals surface area contributed by atoms with E-state index in [-0.39, 0.29) is 17.8 Å². The SMILES string of the molecule is Nc1nc(N)nc(NCCCCNc2nc(N)nc(N3CCCC3)n2)n1. The molecule has 1 aliphatic heterocycles. The van der Waals surface area contributed by atoms with Crippen molar-refractivity contribution >= 4 is 35.7 Å². The van der Waals surface area contributed by atoms with Crippen molar-refractivity contribution in [1.29, 1.82) is 0 Å². The average molecular weight is 360 g/mol. The molecule has 0 atom stereocenters. The second-order valence-corrected chi connectivity index (χ2v) is 5.95. The number of nitrogens with one attached hydrogen (secondary N) is 2. The maximum absolute atomic E-state index is 5.79. The van der Waals surface area contributed by atoms with Gasteiger partial charge in [-0.05, 0) is 25.7 Å². The summed E-state index contributed by atoms with van der Waals surface area (Å²) in [5, 5.41) is 6.25. The molecule has 1 saturated heterocycles. The minimum atomic E-state index is 0.0999. The van der Waals surface area contributed by atoms with E-state index in [1.54, 1.807) is 0 Å². The standard InChI is InChI=1S/C14H24N12/c15-9-20-10(16)22-12(21-9)18-5-1-2-6-19-13-23-11(17)24-14(25-13)26-7-3-4-8-26/h1-8H2,(H3,17,19,23,24,25)(H5,15,16,18,20,21,22). The van der Waals surface area contributed by atoms with Crippen LogP contribution < -0.4 is 32.7 Å². The van der Waals surface area contributed by atoms with E-state index < -0.39 is 0 Å². The zero-order chi connectivity index (χ0) is 18.4. The van der Waals surface area contributed by atoms with E-state index in [1.165, 1.54) is 0 Å². The Morgan fingerprint density at radius 1 is 0.692 bits per heavy atom. The van der Waals surface area contributed by atoms with Crippen LogP contribution in [0.5, 0.6) is 0 Å². The van der Waals surface area contributed by atoms with Crippen molar-refractivity contribution in [2.75, 3.05) is 58.9 Å². The Labute approximate surface area is 151 Å². The molecule has 0 unspecified atom stereocenters. The molecule has 0 aromatic carbocycles. The van der Waals surface area contributed by atoms with Crippen molar-refractivity contribution in [3.8, 4) is 0 Å². The fourth-order valence-corrected chi connectivity index (χ4v) is 2.66. The van der Waals surface area contributed by atoms with Crippen molar-refractivity contribution in [1.82, 2.24) is 29.9 Å². The molecule has 0 aliphatic carbocycles. The Bertz CT molecular complexity index is 710. The summed E-state index contributed by atoms with van der Waals surface area (Å²) < 4.78 is 0. The maximum Gasteiger partial charge on any atom is 0.231 e. The first-order valence-corrected chi connectivity index (χ1v) is 8.61. The molecule has 12 heteroatoms. The lowest BCUT2D eigenvalue weighted by atomic mass is 10.3. The summed E-state index contributed by atoms with van der Waals surface area (Å²) in [6, 6.07) is 0. The molecule has 0 bridgehead atoms. The van der Waals surface area contributed by atoms with Gasteiger partial charge >= 0.3 is 0 Å². The van der Waals surface area contributed by atoms with Crippen molar-refractivity contribution in [2.24, 2.45) is 0 Å². The molecular weight excluding hydrogens is 336 g/mol. The van der Waals surface area contributed by atoms with E-state index in [4.69, 9.17) is 17.2 Å². The van der Waals surface area contributed by atoms with E-state index in [0.717, 1.165) is 38.8 Å². The first-order valence-electron chi connectivity index (χ1n) is 8.61. The summed E-state index contributed by atoms with van der Waals surface area (Å²) in [6.45, 7) is 3.32. The van der Waals surface area contributed by atoms with E-state index in [1.807, 2.05) is 0 Å². The van der Waals surface area contributed by atoms with E-state index in [0.29, 0.717) is 30.9 Å². The Balaban J connectivity index is 1.40. The van der Waals surface area contributed by atoms with Crippen molar-refractivity contribution in [3.05, 3.63) is 0 Å². The van der Waals surface area contributed by atoms with E-state index >= 15 is 0 Å². The number of aromatic nitrogens is 6. The molecule has 3 rings (SSSR count). The third kappa shape index (κ3) is 4.91. The Kier molecular flexibility index (Phi) is 5.61. The first-order chi connectivity index (χ1) is 12.6. The zero-order valence-electron chi connectivity index (χ0n) is 14.5. The monoisotopic (exact) mass is 360 g/mol. The molecular formula is C14H24N12. The van der Waals surface area contributed by atoms with Gasteiger partial charge < -0.3 is 32.7 Å². The van der Waals surface area contributed by atoms with Crippen LogP contribution in [0.1, 0.15) is 25.7 Å². The third-order valence-electron chi connectivity index (χ3n) is 3.87. The minimum absolute atomic E-state index is 0.0999. The number of hydrogen-bond donors (Lipinski definition) is 5. The molecule has 26 heavy (non-hydrogen) atoms. The second kappa shape index (κ2) is 8.27. The zero-order valence-corrected chi connectivity index (χ0v) is 14.5. The lowest BCUT2D eigenvalue weighted by Gasteiger charge is -2.16. The van der Waals surface area contributed by atoms with Gasteiger partial charge in [-0.2, -0.15) is 29.9 Å². The van der Waals surface area contributed by atoms with Gasteiger partial charge in [-0.15, -0.1) is 0 Å². The van der Waals surface area contributed by atoms with Crippen LogP contribution in [0.15, 0.2) is 0 Å². The molecule has 1 fully saturated rings. The van der Waals surface area contributed by atoms with Crippen LogP contribution in [0.3, 0.4) is 0 Å². The molecule has 3 heterocycles. The number of hydrogen-bond acceptors (Lipinski definition) is 12. The average Bonchev–Trinajstić information content (AvgIpc) is 3.11. The summed E-state index contributed by atoms with van der Waals surface area (Å²) in [5.41, 5.74) is 16.8. The Morgan fingerprint density at radius 2 is 1.19 bits per heavy atom. The molecule has 0 radical (unpaired) electrons. The lowest BCUT2D eigenvalue weighted by molar-refractivity contribution is 0.782. The fraction of sp³-hybridized carbons (Fsp3) is 0.571. The molecule has 12 nitrogen and oxygen atoms in total. The first kappa shape index (κ1) is 17.6. The number of unbranched alkanes of at least 4 members (excludes halogenated alkanes) is 1. The topological polar surface area (TPSA) is 183 Å². The summed E-state index contributed by atoms with van der Waals surface area (Å²) in [4.78, 5) is 26.6. The summed E-state index contributed by atoms with van der Waals surface area (Å²) in [6.07, 6.45) is 4.09. The highest BCUT2D eigenvalue weighted by Crippen LogP contribution is 2.17. The number of rotatable bonds is 8. The smallest absolute Gasteiger partial charge is 0.231 e. The third-order valence-corrected chi connectivity index (χ3v) is 3.87. The van der Waals surface area contributed by atoms with Gasteiger partial charge in [0.05, 0.1) is 0 Å². The highest BCUT2D eigenvalue weighted by Gasteiger charge is 2.16. The van der Waals surface area contributed by atoms with Gasteiger partial charge in [0.25, 0.3) is 0 Å². The van der Waals surface area contributed by atoms with Crippen LogP contribution >= 0.6 is 0 Å². The maximum atomic E-state index is 5.79. The van der Waals surface area contributed by atoms with Crippen LogP contribution in [0.4, 0.5) is 35.7 Å². The molecule has 2 aromatic rings. The summed E-state index contributed by atoms with van der Waals surface area (Å²) in [7, 11) is 0. The van der Waals surface area contributed by atoms with E-state index in [9.17, 15) is 0 Å². The largest absolute Gasteiger partial charge is 0.368 e. The van der Waals surface area contributed by atoms with Crippen LogP contribution in [0, 0.1) is 0 Å². The molecule has 140 valence electrons. The number of anilines is 6. The van der Waals surface area contributed by atoms with Crippen molar-refractivity contribution < 1.29 is 0 Å². The molecule has 2 aromatic heterocycles. The Morgan fingerprint density at radius 3 is 1.77 bits per heavy atom. The highest BCUT2D eigenvalue weighted by atomic mass is 15.3. The van der Waals surface area contributed by atoms with Gasteiger partial charge in [-0.1, -0.05) is 0 Å². The van der Waals surface area contributed by atoms with E-state index in [2.05, 4.69) is 45.4 Å². The van der Waals surface area contributed by atoms with Crippen LogP contribution in [-0.2, 0) is 0 Å². The Hall–Kier alpha value is -3.18. The lowest BCUT2D eigenvalue weighted by Crippen LogP contribution is -2.22. The second-order valence-electron chi connectivity index (χ2n) is 5.95. The highest BCUT2D eigenvalue weighted by molar-refractivity contribution is 5.42. The normalized spacial score (nSPS) is 13.8. The van der Waals surface area contributed by atoms with Gasteiger partial charge in [0.2, 0.25) is 35.7 Å². The summed E-state index contributed by atoms with van der Waals surface area (Å²) >= 11 is 0. The van der Waals surface area contributed by atoms with Crippen LogP contribution in [0.25, 0.3) is 0 Å². The van der Waals surface area contributed by atoms with Gasteiger partial charge in [0, 0.05) is 26.2 Å². The minimum Gasteiger partial charge on any atom is -0.368 e. The number of nitrogens with zero attached hydrogens (tertiary/aromatic N) is 7. The predicted molar refractivity (Wildman–Crippen MR) is 101 cm³/mol. The van der Waals surface area contributed by atoms with Crippen LogP contribution in [0.2, 0.25) is 0 Å². The predicted octanol–water partition coefficient (Wildman–Crippen LogP) is -0.292. The fourth-order valence-electron chi connectivity index (χ4n) is 2.66. The van der Waals surface area contributed by atoms with Crippen LogP contribution in [-0.4, -0.2) is 56.1 Å². The van der Waals surface area contributed by atoms with Gasteiger partial charge in [-0.3, -0.25) is 0 Å². The summed E-state index contributed by atoms with van der Waals surface area (Å²) in [5.74, 6) is 1.96. The molecule has 0 saturated carbocycles. The number of nitrogens with two attached hydrogens (primary N) is 3. The molecule has 8 N–H and O–H groups in total. The number of nitrogen functional groups attached to an aromatic ring is 3. The van der Waals surface area contributed by atoms with Gasteiger partial charge in [-0.25, -0.2) is 0 Å². The van der Waals surface area contributed by atoms with Crippen molar-refractivity contribution in [2.45, 2.75) is 25.7 Å².